The van der Waals surface area contributed by atoms with E-state index in [0.29, 0.717) is 10.6 Å². The van der Waals surface area contributed by atoms with Crippen LogP contribution in [0.1, 0.15) is 36.5 Å². The Morgan fingerprint density at radius 3 is 2.59 bits per heavy atom. The zero-order valence-corrected chi connectivity index (χ0v) is 13.4. The Balaban J connectivity index is 1.94. The number of aromatic nitrogens is 1. The van der Waals surface area contributed by atoms with E-state index >= 15 is 0 Å². The summed E-state index contributed by atoms with van der Waals surface area (Å²) >= 11 is 6.07. The number of nitrogens with zero attached hydrogens (tertiary/aromatic N) is 2. The van der Waals surface area contributed by atoms with Crippen LogP contribution in [0.5, 0.6) is 0 Å². The normalized spacial score (nSPS) is 15.3. The van der Waals surface area contributed by atoms with Gasteiger partial charge in [-0.15, -0.1) is 0 Å². The van der Waals surface area contributed by atoms with E-state index in [9.17, 15) is 9.59 Å². The molecule has 116 valence electrons. The third kappa shape index (κ3) is 2.88. The van der Waals surface area contributed by atoms with Crippen LogP contribution in [0.4, 0.5) is 0 Å². The first-order valence-corrected chi connectivity index (χ1v) is 8.01. The Hall–Kier alpha value is -1.81. The number of rotatable bonds is 3. The summed E-state index contributed by atoms with van der Waals surface area (Å²) in [6.07, 6.45) is 5.11. The monoisotopic (exact) mass is 318 g/mol. The highest BCUT2D eigenvalue weighted by Crippen LogP contribution is 2.25. The van der Waals surface area contributed by atoms with Crippen LogP contribution in [0.2, 0.25) is 5.02 Å². The van der Waals surface area contributed by atoms with Gasteiger partial charge < -0.3 is 9.47 Å². The van der Waals surface area contributed by atoms with Gasteiger partial charge in [0.1, 0.15) is 6.54 Å². The largest absolute Gasteiger partial charge is 0.341 e. The maximum atomic E-state index is 12.5. The highest BCUT2D eigenvalue weighted by Gasteiger charge is 2.19. The summed E-state index contributed by atoms with van der Waals surface area (Å²) in [7, 11) is 0. The van der Waals surface area contributed by atoms with E-state index in [0.717, 1.165) is 36.8 Å². The molecular formula is C17H19ClN2O2. The van der Waals surface area contributed by atoms with Crippen molar-refractivity contribution >= 4 is 34.2 Å². The predicted octanol–water partition coefficient (Wildman–Crippen LogP) is 3.51. The topological polar surface area (TPSA) is 42.3 Å². The molecule has 3 rings (SSSR count). The lowest BCUT2D eigenvalue weighted by Crippen LogP contribution is -2.37. The van der Waals surface area contributed by atoms with Crippen LogP contribution in [0, 0.1) is 0 Å². The van der Waals surface area contributed by atoms with Crippen LogP contribution in [-0.4, -0.2) is 34.2 Å². The van der Waals surface area contributed by atoms with Gasteiger partial charge in [0.2, 0.25) is 5.91 Å². The molecule has 0 atom stereocenters. The first-order valence-electron chi connectivity index (χ1n) is 7.63. The van der Waals surface area contributed by atoms with E-state index in [4.69, 9.17) is 11.6 Å². The molecule has 0 radical (unpaired) electrons. The van der Waals surface area contributed by atoms with E-state index in [2.05, 4.69) is 0 Å². The molecular weight excluding hydrogens is 300 g/mol. The van der Waals surface area contributed by atoms with Gasteiger partial charge in [-0.2, -0.15) is 0 Å². The number of Topliss-reactive ketones (excluding diaryl/α,β-unsaturated/α-hetero) is 1. The van der Waals surface area contributed by atoms with Crippen LogP contribution in [0.25, 0.3) is 10.9 Å². The number of likely N-dealkylation sites (tertiary alicyclic amines) is 1. The van der Waals surface area contributed by atoms with Crippen molar-refractivity contribution in [3.63, 3.8) is 0 Å². The smallest absolute Gasteiger partial charge is 0.242 e. The standard InChI is InChI=1S/C17H19ClN2O2/c1-12(21)15-10-20(16-9-13(18)5-6-14(15)16)11-17(22)19-7-3-2-4-8-19/h5-6,9-10H,2-4,7-8,11H2,1H3. The molecule has 1 fully saturated rings. The molecule has 0 spiro atoms. The molecule has 0 N–H and O–H groups in total. The molecule has 1 aliphatic rings. The van der Waals surface area contributed by atoms with Crippen molar-refractivity contribution in [3.05, 3.63) is 35.0 Å². The fourth-order valence-electron chi connectivity index (χ4n) is 3.07. The number of halogens is 1. The highest BCUT2D eigenvalue weighted by molar-refractivity contribution is 6.31. The van der Waals surface area contributed by atoms with E-state index in [1.165, 1.54) is 6.42 Å². The second-order valence-corrected chi connectivity index (χ2v) is 6.27. The fraction of sp³-hybridized carbons (Fsp3) is 0.412. The Labute approximate surface area is 134 Å². The summed E-state index contributed by atoms with van der Waals surface area (Å²) in [6, 6.07) is 5.43. The summed E-state index contributed by atoms with van der Waals surface area (Å²) in [4.78, 5) is 26.2. The lowest BCUT2D eigenvalue weighted by atomic mass is 10.1. The molecule has 4 nitrogen and oxygen atoms in total. The lowest BCUT2D eigenvalue weighted by Gasteiger charge is -2.27. The van der Waals surface area contributed by atoms with Gasteiger partial charge in [-0.25, -0.2) is 0 Å². The average molecular weight is 319 g/mol. The van der Waals surface area contributed by atoms with Gasteiger partial charge in [0.25, 0.3) is 0 Å². The molecule has 0 bridgehead atoms. The average Bonchev–Trinajstić information content (AvgIpc) is 2.86. The summed E-state index contributed by atoms with van der Waals surface area (Å²) < 4.78 is 1.84. The fourth-order valence-corrected chi connectivity index (χ4v) is 3.23. The third-order valence-corrected chi connectivity index (χ3v) is 4.47. The molecule has 0 saturated carbocycles. The maximum absolute atomic E-state index is 12.5. The molecule has 0 aliphatic carbocycles. The SMILES string of the molecule is CC(=O)c1cn(CC(=O)N2CCCCC2)c2cc(Cl)ccc12. The zero-order valence-electron chi connectivity index (χ0n) is 12.6. The first-order chi connectivity index (χ1) is 10.6. The Kier molecular flexibility index (Phi) is 4.21. The van der Waals surface area contributed by atoms with Crippen molar-refractivity contribution in [1.29, 1.82) is 0 Å². The van der Waals surface area contributed by atoms with Gasteiger partial charge in [-0.1, -0.05) is 17.7 Å². The quantitative estimate of drug-likeness (QED) is 0.813. The molecule has 2 heterocycles. The number of fused-ring (bicyclic) bond motifs is 1. The summed E-state index contributed by atoms with van der Waals surface area (Å²) in [5.41, 5.74) is 1.47. The number of hydrogen-bond acceptors (Lipinski definition) is 2. The molecule has 0 unspecified atom stereocenters. The number of hydrogen-bond donors (Lipinski definition) is 0. The van der Waals surface area contributed by atoms with Crippen LogP contribution >= 0.6 is 11.6 Å². The number of benzene rings is 1. The van der Waals surface area contributed by atoms with E-state index < -0.39 is 0 Å². The van der Waals surface area contributed by atoms with Crippen LogP contribution in [0.15, 0.2) is 24.4 Å². The molecule has 2 aromatic rings. The molecule has 22 heavy (non-hydrogen) atoms. The Bertz CT molecular complexity index is 730. The van der Waals surface area contributed by atoms with Crippen LogP contribution < -0.4 is 0 Å². The number of ketones is 1. The first kappa shape index (κ1) is 15.1. The van der Waals surface area contributed by atoms with Crippen LogP contribution in [-0.2, 0) is 11.3 Å². The number of carbonyl (C=O) groups is 2. The molecule has 5 heteroatoms. The minimum Gasteiger partial charge on any atom is -0.341 e. The van der Waals surface area contributed by atoms with Crippen molar-refractivity contribution in [3.8, 4) is 0 Å². The van der Waals surface area contributed by atoms with E-state index in [1.54, 1.807) is 19.2 Å². The molecule has 1 aromatic heterocycles. The summed E-state index contributed by atoms with van der Waals surface area (Å²) in [6.45, 7) is 3.46. The van der Waals surface area contributed by atoms with Crippen molar-refractivity contribution < 1.29 is 9.59 Å². The minimum atomic E-state index is -0.00325. The van der Waals surface area contributed by atoms with Gasteiger partial charge in [-0.3, -0.25) is 9.59 Å². The van der Waals surface area contributed by atoms with Gasteiger partial charge >= 0.3 is 0 Å². The number of piperidine rings is 1. The number of amides is 1. The van der Waals surface area contributed by atoms with Gasteiger partial charge in [0.15, 0.2) is 5.78 Å². The molecule has 1 amide bonds. The number of carbonyl (C=O) groups excluding carboxylic acids is 2. The van der Waals surface area contributed by atoms with E-state index in [-0.39, 0.29) is 18.2 Å². The second kappa shape index (κ2) is 6.13. The molecule has 1 saturated heterocycles. The predicted molar refractivity (Wildman–Crippen MR) is 87.4 cm³/mol. The van der Waals surface area contributed by atoms with Gasteiger partial charge in [-0.05, 0) is 38.3 Å². The van der Waals surface area contributed by atoms with Crippen LogP contribution in [0.3, 0.4) is 0 Å². The van der Waals surface area contributed by atoms with Gasteiger partial charge in [0.05, 0.1) is 5.52 Å². The maximum Gasteiger partial charge on any atom is 0.242 e. The second-order valence-electron chi connectivity index (χ2n) is 5.83. The Morgan fingerprint density at radius 1 is 1.18 bits per heavy atom. The summed E-state index contributed by atoms with van der Waals surface area (Å²) in [5, 5.41) is 1.45. The van der Waals surface area contributed by atoms with Crippen molar-refractivity contribution in [2.75, 3.05) is 13.1 Å². The Morgan fingerprint density at radius 2 is 1.91 bits per heavy atom. The summed E-state index contributed by atoms with van der Waals surface area (Å²) in [5.74, 6) is 0.100. The molecule has 1 aromatic carbocycles. The minimum absolute atomic E-state index is 0.00325. The lowest BCUT2D eigenvalue weighted by molar-refractivity contribution is -0.132. The van der Waals surface area contributed by atoms with E-state index in [1.807, 2.05) is 21.6 Å². The molecule has 1 aliphatic heterocycles. The zero-order chi connectivity index (χ0) is 15.7. The van der Waals surface area contributed by atoms with Crippen molar-refractivity contribution in [1.82, 2.24) is 9.47 Å². The van der Waals surface area contributed by atoms with Gasteiger partial charge in [0, 0.05) is 35.3 Å². The third-order valence-electron chi connectivity index (χ3n) is 4.24. The van der Waals surface area contributed by atoms with Crippen molar-refractivity contribution in [2.45, 2.75) is 32.7 Å². The van der Waals surface area contributed by atoms with Crippen molar-refractivity contribution in [2.24, 2.45) is 0 Å². The highest BCUT2D eigenvalue weighted by atomic mass is 35.5.